The molecular formula is C8H12N4O. The van der Waals surface area contributed by atoms with E-state index in [0.29, 0.717) is 11.4 Å². The first-order valence-corrected chi connectivity index (χ1v) is 4.27. The molecule has 1 aromatic heterocycles. The SMILES string of the molecule is Cn1ncc(N)c1C(=O)N1CCC1. The molecule has 1 aliphatic rings. The molecule has 0 bridgehead atoms. The van der Waals surface area contributed by atoms with E-state index in [1.54, 1.807) is 11.9 Å². The summed E-state index contributed by atoms with van der Waals surface area (Å²) in [5, 5.41) is 3.92. The zero-order valence-corrected chi connectivity index (χ0v) is 7.53. The van der Waals surface area contributed by atoms with Crippen LogP contribution >= 0.6 is 0 Å². The number of nitrogen functional groups attached to an aromatic ring is 1. The molecule has 1 saturated heterocycles. The number of hydrogen-bond acceptors (Lipinski definition) is 3. The first-order chi connectivity index (χ1) is 6.20. The van der Waals surface area contributed by atoms with Crippen molar-refractivity contribution < 1.29 is 4.79 Å². The van der Waals surface area contributed by atoms with Crippen LogP contribution in [0.3, 0.4) is 0 Å². The molecule has 13 heavy (non-hydrogen) atoms. The van der Waals surface area contributed by atoms with Crippen LogP contribution in [0.15, 0.2) is 6.20 Å². The van der Waals surface area contributed by atoms with Crippen molar-refractivity contribution in [3.8, 4) is 0 Å². The summed E-state index contributed by atoms with van der Waals surface area (Å²) >= 11 is 0. The highest BCUT2D eigenvalue weighted by molar-refractivity contribution is 5.97. The molecule has 1 aromatic rings. The Morgan fingerprint density at radius 3 is 2.69 bits per heavy atom. The van der Waals surface area contributed by atoms with E-state index in [0.717, 1.165) is 19.5 Å². The van der Waals surface area contributed by atoms with Gasteiger partial charge in [0.2, 0.25) is 0 Å². The average Bonchev–Trinajstić information content (AvgIpc) is 2.27. The Morgan fingerprint density at radius 2 is 2.31 bits per heavy atom. The van der Waals surface area contributed by atoms with E-state index < -0.39 is 0 Å². The zero-order chi connectivity index (χ0) is 9.42. The molecule has 0 atom stereocenters. The first-order valence-electron chi connectivity index (χ1n) is 4.27. The number of carbonyl (C=O) groups excluding carboxylic acids is 1. The Labute approximate surface area is 76.1 Å². The second-order valence-electron chi connectivity index (χ2n) is 3.22. The van der Waals surface area contributed by atoms with Gasteiger partial charge in [-0.2, -0.15) is 5.10 Å². The smallest absolute Gasteiger partial charge is 0.274 e. The molecule has 0 spiro atoms. The summed E-state index contributed by atoms with van der Waals surface area (Å²) in [4.78, 5) is 13.5. The lowest BCUT2D eigenvalue weighted by atomic mass is 10.2. The molecule has 5 heteroatoms. The van der Waals surface area contributed by atoms with Crippen LogP contribution in [0.2, 0.25) is 0 Å². The van der Waals surface area contributed by atoms with Crippen LogP contribution in [0.4, 0.5) is 5.69 Å². The van der Waals surface area contributed by atoms with Gasteiger partial charge in [-0.05, 0) is 6.42 Å². The number of nitrogens with two attached hydrogens (primary N) is 1. The maximum Gasteiger partial charge on any atom is 0.274 e. The van der Waals surface area contributed by atoms with Crippen LogP contribution in [0.25, 0.3) is 0 Å². The van der Waals surface area contributed by atoms with Crippen molar-refractivity contribution in [1.29, 1.82) is 0 Å². The summed E-state index contributed by atoms with van der Waals surface area (Å²) < 4.78 is 1.52. The lowest BCUT2D eigenvalue weighted by Crippen LogP contribution is -2.43. The van der Waals surface area contributed by atoms with Gasteiger partial charge in [-0.25, -0.2) is 0 Å². The van der Waals surface area contributed by atoms with E-state index in [2.05, 4.69) is 5.10 Å². The van der Waals surface area contributed by atoms with Gasteiger partial charge >= 0.3 is 0 Å². The van der Waals surface area contributed by atoms with Crippen LogP contribution in [0.1, 0.15) is 16.9 Å². The number of aryl methyl sites for hydroxylation is 1. The van der Waals surface area contributed by atoms with Gasteiger partial charge in [-0.3, -0.25) is 9.48 Å². The van der Waals surface area contributed by atoms with Crippen molar-refractivity contribution in [2.75, 3.05) is 18.8 Å². The molecular weight excluding hydrogens is 168 g/mol. The van der Waals surface area contributed by atoms with E-state index in [-0.39, 0.29) is 5.91 Å². The van der Waals surface area contributed by atoms with Crippen LogP contribution in [-0.4, -0.2) is 33.7 Å². The second kappa shape index (κ2) is 2.76. The van der Waals surface area contributed by atoms with Crippen LogP contribution in [-0.2, 0) is 7.05 Å². The average molecular weight is 180 g/mol. The van der Waals surface area contributed by atoms with Gasteiger partial charge in [-0.1, -0.05) is 0 Å². The second-order valence-corrected chi connectivity index (χ2v) is 3.22. The quantitative estimate of drug-likeness (QED) is 0.653. The van der Waals surface area contributed by atoms with Gasteiger partial charge in [0.05, 0.1) is 11.9 Å². The maximum absolute atomic E-state index is 11.7. The van der Waals surface area contributed by atoms with Crippen LogP contribution < -0.4 is 5.73 Å². The van der Waals surface area contributed by atoms with Crippen molar-refractivity contribution in [2.24, 2.45) is 7.05 Å². The number of likely N-dealkylation sites (tertiary alicyclic amines) is 1. The Bertz CT molecular complexity index is 320. The number of amides is 1. The number of hydrogen-bond donors (Lipinski definition) is 1. The molecule has 2 rings (SSSR count). The molecule has 0 saturated carbocycles. The van der Waals surface area contributed by atoms with Crippen LogP contribution in [0.5, 0.6) is 0 Å². The van der Waals surface area contributed by atoms with Gasteiger partial charge in [-0.15, -0.1) is 0 Å². The lowest BCUT2D eigenvalue weighted by molar-refractivity contribution is 0.0641. The monoisotopic (exact) mass is 180 g/mol. The van der Waals surface area contributed by atoms with Crippen molar-refractivity contribution in [1.82, 2.24) is 14.7 Å². The fourth-order valence-corrected chi connectivity index (χ4v) is 1.39. The minimum atomic E-state index is -0.0104. The molecule has 0 aliphatic carbocycles. The molecule has 70 valence electrons. The molecule has 0 aromatic carbocycles. The predicted molar refractivity (Wildman–Crippen MR) is 48.1 cm³/mol. The Hall–Kier alpha value is -1.52. The van der Waals surface area contributed by atoms with Gasteiger partial charge < -0.3 is 10.6 Å². The Morgan fingerprint density at radius 1 is 1.62 bits per heavy atom. The summed E-state index contributed by atoms with van der Waals surface area (Å²) in [5.74, 6) is -0.0104. The lowest BCUT2D eigenvalue weighted by Gasteiger charge is -2.30. The fraction of sp³-hybridized carbons (Fsp3) is 0.500. The van der Waals surface area contributed by atoms with E-state index >= 15 is 0 Å². The van der Waals surface area contributed by atoms with E-state index in [1.807, 2.05) is 0 Å². The normalized spacial score (nSPS) is 15.6. The highest BCUT2D eigenvalue weighted by atomic mass is 16.2. The summed E-state index contributed by atoms with van der Waals surface area (Å²) in [5.41, 5.74) is 6.59. The van der Waals surface area contributed by atoms with E-state index in [4.69, 9.17) is 5.73 Å². The third-order valence-electron chi connectivity index (χ3n) is 2.31. The fourth-order valence-electron chi connectivity index (χ4n) is 1.39. The Balaban J connectivity index is 2.28. The Kier molecular flexibility index (Phi) is 1.72. The van der Waals surface area contributed by atoms with Crippen LogP contribution in [0, 0.1) is 0 Å². The summed E-state index contributed by atoms with van der Waals surface area (Å²) in [6, 6.07) is 0. The van der Waals surface area contributed by atoms with Crippen molar-refractivity contribution in [3.05, 3.63) is 11.9 Å². The van der Waals surface area contributed by atoms with Crippen molar-refractivity contribution in [3.63, 3.8) is 0 Å². The minimum Gasteiger partial charge on any atom is -0.396 e. The van der Waals surface area contributed by atoms with Gasteiger partial charge in [0, 0.05) is 20.1 Å². The van der Waals surface area contributed by atoms with E-state index in [9.17, 15) is 4.79 Å². The van der Waals surface area contributed by atoms with Gasteiger partial charge in [0.1, 0.15) is 5.69 Å². The number of nitrogens with zero attached hydrogens (tertiary/aromatic N) is 3. The third-order valence-corrected chi connectivity index (χ3v) is 2.31. The zero-order valence-electron chi connectivity index (χ0n) is 7.53. The summed E-state index contributed by atoms with van der Waals surface area (Å²) in [6.07, 6.45) is 2.59. The molecule has 1 amide bonds. The number of anilines is 1. The number of rotatable bonds is 1. The third kappa shape index (κ3) is 1.16. The van der Waals surface area contributed by atoms with Crippen molar-refractivity contribution >= 4 is 11.6 Å². The number of carbonyl (C=O) groups is 1. The highest BCUT2D eigenvalue weighted by Crippen LogP contribution is 2.16. The topological polar surface area (TPSA) is 64.2 Å². The molecule has 0 unspecified atom stereocenters. The molecule has 0 radical (unpaired) electrons. The number of aromatic nitrogens is 2. The molecule has 2 heterocycles. The molecule has 1 fully saturated rings. The highest BCUT2D eigenvalue weighted by Gasteiger charge is 2.25. The van der Waals surface area contributed by atoms with Gasteiger partial charge in [0.25, 0.3) is 5.91 Å². The summed E-state index contributed by atoms with van der Waals surface area (Å²) in [6.45, 7) is 1.67. The molecule has 1 aliphatic heterocycles. The largest absolute Gasteiger partial charge is 0.396 e. The standard InChI is InChI=1S/C8H12N4O/c1-11-7(6(9)5-10-11)8(13)12-3-2-4-12/h5H,2-4,9H2,1H3. The first kappa shape index (κ1) is 8.10. The molecule has 5 nitrogen and oxygen atoms in total. The maximum atomic E-state index is 11.7. The predicted octanol–water partition coefficient (Wildman–Crippen LogP) is -0.152. The minimum absolute atomic E-state index is 0.0104. The summed E-state index contributed by atoms with van der Waals surface area (Å²) in [7, 11) is 1.73. The van der Waals surface area contributed by atoms with Crippen molar-refractivity contribution in [2.45, 2.75) is 6.42 Å². The van der Waals surface area contributed by atoms with E-state index in [1.165, 1.54) is 10.9 Å². The molecule has 2 N–H and O–H groups in total. The van der Waals surface area contributed by atoms with Gasteiger partial charge in [0.15, 0.2) is 0 Å².